The van der Waals surface area contributed by atoms with Crippen LogP contribution in [0.1, 0.15) is 50.1 Å². The van der Waals surface area contributed by atoms with Crippen LogP contribution in [-0.4, -0.2) is 59.0 Å². The number of fused-ring (bicyclic) bond motifs is 1. The van der Waals surface area contributed by atoms with Crippen molar-refractivity contribution < 1.29 is 23.1 Å². The standard InChI is InChI=1S/C25H28Cl2N2O5S/c26-15-10-11-18(19(27)14-15)23-22(25(31)32)16-6-1-2-7-17(16)24(30)29(23)21-9-4-3-8-20(21)28-12-5-13-35(28,33)34/h1-2,7,10-11,14,16,20-23H,3-6,8-9,12-13H2,(H,31,32). The average Bonchev–Trinajstić information content (AvgIpc) is 3.17. The molecular formula is C25H28Cl2N2O5S. The number of sulfonamides is 1. The van der Waals surface area contributed by atoms with Gasteiger partial charge < -0.3 is 10.0 Å². The fraction of sp³-hybridized carbons (Fsp3) is 0.520. The first-order valence-electron chi connectivity index (χ1n) is 12.1. The molecule has 5 atom stereocenters. The SMILES string of the molecule is O=C(O)C1C2CC=CC=C2C(=O)N(C2CCCCC2N2CCCS2(=O)=O)C1c1ccc(Cl)cc1Cl. The van der Waals surface area contributed by atoms with Crippen LogP contribution in [0, 0.1) is 11.8 Å². The second kappa shape index (κ2) is 9.54. The topological polar surface area (TPSA) is 95.0 Å². The van der Waals surface area contributed by atoms with E-state index in [1.165, 1.54) is 0 Å². The summed E-state index contributed by atoms with van der Waals surface area (Å²) in [4.78, 5) is 28.5. The van der Waals surface area contributed by atoms with Gasteiger partial charge in [0, 0.05) is 40.2 Å². The zero-order valence-electron chi connectivity index (χ0n) is 19.1. The fourth-order valence-electron chi connectivity index (χ4n) is 6.42. The van der Waals surface area contributed by atoms with Gasteiger partial charge in [0.15, 0.2) is 0 Å². The molecular weight excluding hydrogens is 511 g/mol. The van der Waals surface area contributed by atoms with Crippen LogP contribution in [0.5, 0.6) is 0 Å². The number of halogens is 2. The Morgan fingerprint density at radius 2 is 1.83 bits per heavy atom. The number of carboxylic acids is 1. The predicted molar refractivity (Wildman–Crippen MR) is 134 cm³/mol. The second-order valence-electron chi connectivity index (χ2n) is 9.78. The van der Waals surface area contributed by atoms with Crippen molar-refractivity contribution in [3.05, 3.63) is 57.6 Å². The van der Waals surface area contributed by atoms with E-state index in [0.29, 0.717) is 53.4 Å². The van der Waals surface area contributed by atoms with Crippen molar-refractivity contribution in [2.75, 3.05) is 12.3 Å². The van der Waals surface area contributed by atoms with E-state index < -0.39 is 39.9 Å². The van der Waals surface area contributed by atoms with Gasteiger partial charge in [-0.3, -0.25) is 9.59 Å². The van der Waals surface area contributed by atoms with Gasteiger partial charge >= 0.3 is 5.97 Å². The number of nitrogens with zero attached hydrogens (tertiary/aromatic N) is 2. The van der Waals surface area contributed by atoms with Gasteiger partial charge in [-0.2, -0.15) is 4.31 Å². The average molecular weight is 539 g/mol. The molecule has 2 aliphatic carbocycles. The summed E-state index contributed by atoms with van der Waals surface area (Å²) in [5.41, 5.74) is 0.994. The van der Waals surface area contributed by atoms with Crippen LogP contribution in [0.25, 0.3) is 0 Å². The quantitative estimate of drug-likeness (QED) is 0.611. The molecule has 5 rings (SSSR count). The molecule has 35 heavy (non-hydrogen) atoms. The summed E-state index contributed by atoms with van der Waals surface area (Å²) in [6.45, 7) is 0.425. The van der Waals surface area contributed by atoms with E-state index in [9.17, 15) is 23.1 Å². The fourth-order valence-corrected chi connectivity index (χ4v) is 8.73. The number of amides is 1. The highest BCUT2D eigenvalue weighted by molar-refractivity contribution is 7.89. The van der Waals surface area contributed by atoms with Crippen LogP contribution in [0.2, 0.25) is 10.0 Å². The largest absolute Gasteiger partial charge is 0.481 e. The summed E-state index contributed by atoms with van der Waals surface area (Å²) in [5, 5.41) is 11.2. The van der Waals surface area contributed by atoms with Crippen molar-refractivity contribution in [3.63, 3.8) is 0 Å². The van der Waals surface area contributed by atoms with Crippen LogP contribution >= 0.6 is 23.2 Å². The van der Waals surface area contributed by atoms with Gasteiger partial charge in [-0.05, 0) is 43.4 Å². The van der Waals surface area contributed by atoms with Crippen molar-refractivity contribution in [3.8, 4) is 0 Å². The number of benzene rings is 1. The molecule has 1 N–H and O–H groups in total. The van der Waals surface area contributed by atoms with Crippen LogP contribution in [0.3, 0.4) is 0 Å². The Hall–Kier alpha value is -1.87. The number of allylic oxidation sites excluding steroid dienone is 3. The predicted octanol–water partition coefficient (Wildman–Crippen LogP) is 4.43. The van der Waals surface area contributed by atoms with Crippen LogP contribution in [0.15, 0.2) is 42.0 Å². The Balaban J connectivity index is 1.68. The van der Waals surface area contributed by atoms with E-state index in [4.69, 9.17) is 23.2 Å². The lowest BCUT2D eigenvalue weighted by molar-refractivity contribution is -0.155. The van der Waals surface area contributed by atoms with Crippen molar-refractivity contribution in [1.82, 2.24) is 9.21 Å². The number of aliphatic carboxylic acids is 1. The van der Waals surface area contributed by atoms with Crippen molar-refractivity contribution in [2.45, 2.75) is 56.7 Å². The van der Waals surface area contributed by atoms with Gasteiger partial charge in [-0.25, -0.2) is 8.42 Å². The third-order valence-electron chi connectivity index (χ3n) is 7.88. The maximum Gasteiger partial charge on any atom is 0.309 e. The Labute approximate surface area is 215 Å². The number of carbonyl (C=O) groups excluding carboxylic acids is 1. The number of hydrogen-bond donors (Lipinski definition) is 1. The molecule has 188 valence electrons. The van der Waals surface area contributed by atoms with Gasteiger partial charge in [0.25, 0.3) is 5.91 Å². The van der Waals surface area contributed by atoms with E-state index in [-0.39, 0.29) is 17.7 Å². The van der Waals surface area contributed by atoms with Crippen LogP contribution in [0.4, 0.5) is 0 Å². The first kappa shape index (κ1) is 24.8. The number of rotatable bonds is 4. The molecule has 7 nitrogen and oxygen atoms in total. The molecule has 1 aromatic rings. The number of piperidine rings is 1. The monoisotopic (exact) mass is 538 g/mol. The molecule has 0 spiro atoms. The Morgan fingerprint density at radius 3 is 2.49 bits per heavy atom. The molecule has 0 bridgehead atoms. The number of carbonyl (C=O) groups is 2. The lowest BCUT2D eigenvalue weighted by atomic mass is 9.69. The molecule has 1 aromatic carbocycles. The molecule has 0 aromatic heterocycles. The van der Waals surface area contributed by atoms with Crippen molar-refractivity contribution in [2.24, 2.45) is 11.8 Å². The van der Waals surface area contributed by atoms with Gasteiger partial charge in [-0.1, -0.05) is 60.3 Å². The first-order chi connectivity index (χ1) is 16.7. The maximum absolute atomic E-state index is 14.1. The molecule has 4 aliphatic rings. The Bertz CT molecular complexity index is 1210. The first-order valence-corrected chi connectivity index (χ1v) is 14.4. The highest BCUT2D eigenvalue weighted by atomic mass is 35.5. The number of carboxylic acid groups (broad SMARTS) is 1. The van der Waals surface area contributed by atoms with Gasteiger partial charge in [0.1, 0.15) is 0 Å². The highest BCUT2D eigenvalue weighted by Gasteiger charge is 2.54. The minimum atomic E-state index is -3.42. The molecule has 3 fully saturated rings. The lowest BCUT2D eigenvalue weighted by Gasteiger charge is -2.52. The minimum absolute atomic E-state index is 0.104. The lowest BCUT2D eigenvalue weighted by Crippen LogP contribution is -2.61. The summed E-state index contributed by atoms with van der Waals surface area (Å²) in [5.74, 6) is -2.56. The summed E-state index contributed by atoms with van der Waals surface area (Å²) in [7, 11) is -3.42. The van der Waals surface area contributed by atoms with Crippen LogP contribution < -0.4 is 0 Å². The third-order valence-corrected chi connectivity index (χ3v) is 10.4. The van der Waals surface area contributed by atoms with Gasteiger partial charge in [-0.15, -0.1) is 0 Å². The molecule has 1 saturated carbocycles. The van der Waals surface area contributed by atoms with E-state index >= 15 is 0 Å². The van der Waals surface area contributed by atoms with Crippen LogP contribution in [-0.2, 0) is 19.6 Å². The molecule has 1 amide bonds. The molecule has 2 heterocycles. The van der Waals surface area contributed by atoms with Gasteiger partial charge in [0.2, 0.25) is 10.0 Å². The van der Waals surface area contributed by atoms with E-state index in [1.54, 1.807) is 39.6 Å². The third kappa shape index (κ3) is 4.32. The highest BCUT2D eigenvalue weighted by Crippen LogP contribution is 2.50. The number of hydrogen-bond acceptors (Lipinski definition) is 4. The second-order valence-corrected chi connectivity index (χ2v) is 12.7. The molecule has 5 unspecified atom stereocenters. The maximum atomic E-state index is 14.1. The summed E-state index contributed by atoms with van der Waals surface area (Å²) in [6.07, 6.45) is 9.31. The molecule has 10 heteroatoms. The van der Waals surface area contributed by atoms with Crippen molar-refractivity contribution >= 4 is 45.1 Å². The summed E-state index contributed by atoms with van der Waals surface area (Å²) < 4.78 is 27.3. The van der Waals surface area contributed by atoms with Crippen molar-refractivity contribution in [1.29, 1.82) is 0 Å². The normalized spacial score (nSPS) is 32.9. The summed E-state index contributed by atoms with van der Waals surface area (Å²) >= 11 is 12.8. The molecule has 0 radical (unpaired) electrons. The Kier molecular flexibility index (Phi) is 6.76. The molecule has 2 aliphatic heterocycles. The van der Waals surface area contributed by atoms with E-state index in [0.717, 1.165) is 12.8 Å². The zero-order chi connectivity index (χ0) is 24.9. The zero-order valence-corrected chi connectivity index (χ0v) is 21.5. The smallest absolute Gasteiger partial charge is 0.309 e. The van der Waals surface area contributed by atoms with E-state index in [2.05, 4.69) is 0 Å². The van der Waals surface area contributed by atoms with Gasteiger partial charge in [0.05, 0.1) is 17.7 Å². The summed E-state index contributed by atoms with van der Waals surface area (Å²) in [6, 6.07) is 3.24. The number of likely N-dealkylation sites (tertiary alicyclic amines) is 1. The minimum Gasteiger partial charge on any atom is -0.481 e. The van der Waals surface area contributed by atoms with E-state index in [1.807, 2.05) is 6.08 Å². The Morgan fingerprint density at radius 1 is 1.09 bits per heavy atom. The molecule has 2 saturated heterocycles.